The van der Waals surface area contributed by atoms with E-state index in [0.29, 0.717) is 24.0 Å². The van der Waals surface area contributed by atoms with Crippen LogP contribution in [-0.4, -0.2) is 65.9 Å². The Balaban J connectivity index is 1.52. The number of ether oxygens (including phenoxy) is 3. The first-order chi connectivity index (χ1) is 15.4. The number of fused-ring (bicyclic) bond motifs is 2. The van der Waals surface area contributed by atoms with E-state index in [-0.39, 0.29) is 44.9 Å². The van der Waals surface area contributed by atoms with Gasteiger partial charge in [-0.05, 0) is 74.0 Å². The van der Waals surface area contributed by atoms with E-state index in [1.54, 1.807) is 6.92 Å². The van der Waals surface area contributed by atoms with Gasteiger partial charge in [0.25, 0.3) is 0 Å². The monoisotopic (exact) mass is 450 g/mol. The summed E-state index contributed by atoms with van der Waals surface area (Å²) in [5, 5.41) is 28.3. The molecular formula is C24H34O8. The third-order valence-corrected chi connectivity index (χ3v) is 6.53. The number of aliphatic carboxylic acids is 1. The highest BCUT2D eigenvalue weighted by Gasteiger charge is 2.44. The Bertz CT molecular complexity index is 779. The molecule has 0 saturated heterocycles. The third-order valence-electron chi connectivity index (χ3n) is 6.53. The van der Waals surface area contributed by atoms with Crippen LogP contribution in [0.2, 0.25) is 0 Å². The van der Waals surface area contributed by atoms with Crippen LogP contribution in [0.4, 0.5) is 0 Å². The summed E-state index contributed by atoms with van der Waals surface area (Å²) in [5.41, 5.74) is 2.29. The van der Waals surface area contributed by atoms with Crippen LogP contribution >= 0.6 is 0 Å². The smallest absolute Gasteiger partial charge is 0.344 e. The quantitative estimate of drug-likeness (QED) is 0.326. The lowest BCUT2D eigenvalue weighted by Crippen LogP contribution is -2.28. The first kappa shape index (κ1) is 24.5. The number of aliphatic hydroxyl groups is 2. The van der Waals surface area contributed by atoms with Crippen molar-refractivity contribution in [1.29, 1.82) is 0 Å². The molecule has 1 saturated carbocycles. The maximum atomic E-state index is 12.2. The second-order valence-electron chi connectivity index (χ2n) is 8.87. The molecule has 1 fully saturated rings. The molecule has 2 aliphatic carbocycles. The van der Waals surface area contributed by atoms with Gasteiger partial charge in [-0.2, -0.15) is 0 Å². The molecule has 1 aromatic carbocycles. The second-order valence-corrected chi connectivity index (χ2v) is 8.87. The van der Waals surface area contributed by atoms with Crippen LogP contribution in [0, 0.1) is 17.8 Å². The molecular weight excluding hydrogens is 416 g/mol. The van der Waals surface area contributed by atoms with Crippen molar-refractivity contribution in [3.05, 3.63) is 29.3 Å². The molecule has 1 unspecified atom stereocenters. The van der Waals surface area contributed by atoms with Crippen molar-refractivity contribution in [2.75, 3.05) is 26.4 Å². The summed E-state index contributed by atoms with van der Waals surface area (Å²) in [6.45, 7) is 1.82. The van der Waals surface area contributed by atoms with Gasteiger partial charge < -0.3 is 29.5 Å². The van der Waals surface area contributed by atoms with E-state index < -0.39 is 18.0 Å². The number of benzene rings is 1. The molecule has 0 heterocycles. The molecule has 3 rings (SSSR count). The fraction of sp³-hybridized carbons (Fsp3) is 0.667. The number of esters is 1. The lowest BCUT2D eigenvalue weighted by Gasteiger charge is -2.32. The largest absolute Gasteiger partial charge is 0.482 e. The summed E-state index contributed by atoms with van der Waals surface area (Å²) in [4.78, 5) is 22.6. The minimum atomic E-state index is -0.937. The van der Waals surface area contributed by atoms with Crippen molar-refractivity contribution < 1.29 is 39.1 Å². The minimum Gasteiger partial charge on any atom is -0.482 e. The Labute approximate surface area is 188 Å². The predicted octanol–water partition coefficient (Wildman–Crippen LogP) is 1.97. The van der Waals surface area contributed by atoms with Gasteiger partial charge in [0, 0.05) is 6.61 Å². The van der Waals surface area contributed by atoms with E-state index in [1.165, 1.54) is 5.56 Å². The van der Waals surface area contributed by atoms with Crippen molar-refractivity contribution in [1.82, 2.24) is 0 Å². The second kappa shape index (κ2) is 11.6. The van der Waals surface area contributed by atoms with Crippen LogP contribution in [0.5, 0.6) is 5.75 Å². The summed E-state index contributed by atoms with van der Waals surface area (Å²) >= 11 is 0. The van der Waals surface area contributed by atoms with Gasteiger partial charge in [0.05, 0.1) is 25.7 Å². The Kier molecular flexibility index (Phi) is 8.90. The standard InChI is InChI=1S/C24H34O8/c1-15(13-30-9-7-23(27)28)32-24(29)14-31-22-6-2-4-16-10-19-17(11-20(16)22)12-21(26)18(19)5-3-8-25/h2,4,6,15,17-19,21,25-26H,3,5,7-14H2,1H3,(H,27,28)/t15?,17-,18+,19-,21+/m0/s1. The van der Waals surface area contributed by atoms with E-state index in [9.17, 15) is 19.8 Å². The number of carboxylic acid groups (broad SMARTS) is 1. The predicted molar refractivity (Wildman–Crippen MR) is 115 cm³/mol. The van der Waals surface area contributed by atoms with Crippen molar-refractivity contribution >= 4 is 11.9 Å². The lowest BCUT2D eigenvalue weighted by molar-refractivity contribution is -0.154. The number of aliphatic hydroxyl groups excluding tert-OH is 2. The molecule has 8 heteroatoms. The fourth-order valence-electron chi connectivity index (χ4n) is 5.10. The van der Waals surface area contributed by atoms with Crippen LogP contribution < -0.4 is 4.74 Å². The van der Waals surface area contributed by atoms with E-state index in [2.05, 4.69) is 6.07 Å². The molecule has 32 heavy (non-hydrogen) atoms. The Hall–Kier alpha value is -2.16. The molecule has 0 amide bonds. The molecule has 0 bridgehead atoms. The molecule has 0 aliphatic heterocycles. The average Bonchev–Trinajstić information content (AvgIpc) is 3.06. The topological polar surface area (TPSA) is 123 Å². The summed E-state index contributed by atoms with van der Waals surface area (Å²) in [7, 11) is 0. The van der Waals surface area contributed by atoms with Gasteiger partial charge in [-0.1, -0.05) is 12.1 Å². The van der Waals surface area contributed by atoms with E-state index in [0.717, 1.165) is 31.2 Å². The first-order valence-corrected chi connectivity index (χ1v) is 11.4. The van der Waals surface area contributed by atoms with Gasteiger partial charge in [0.2, 0.25) is 0 Å². The first-order valence-electron chi connectivity index (χ1n) is 11.4. The van der Waals surface area contributed by atoms with Crippen molar-refractivity contribution in [2.45, 2.75) is 57.7 Å². The van der Waals surface area contributed by atoms with Crippen molar-refractivity contribution in [2.24, 2.45) is 17.8 Å². The van der Waals surface area contributed by atoms with Crippen molar-refractivity contribution in [3.63, 3.8) is 0 Å². The van der Waals surface area contributed by atoms with Crippen molar-refractivity contribution in [3.8, 4) is 5.75 Å². The van der Waals surface area contributed by atoms with Gasteiger partial charge in [0.1, 0.15) is 11.9 Å². The zero-order chi connectivity index (χ0) is 23.1. The number of carboxylic acids is 1. The number of rotatable bonds is 12. The van der Waals surface area contributed by atoms with Gasteiger partial charge in [-0.25, -0.2) is 4.79 Å². The number of carbonyl (C=O) groups excluding carboxylic acids is 1. The van der Waals surface area contributed by atoms with Gasteiger partial charge in [-0.3, -0.25) is 4.79 Å². The number of hydrogen-bond donors (Lipinski definition) is 3. The Morgan fingerprint density at radius 2 is 2.06 bits per heavy atom. The Morgan fingerprint density at radius 1 is 1.25 bits per heavy atom. The van der Waals surface area contributed by atoms with Crippen LogP contribution in [0.3, 0.4) is 0 Å². The van der Waals surface area contributed by atoms with Gasteiger partial charge >= 0.3 is 11.9 Å². The SMILES string of the molecule is CC(COCCC(=O)O)OC(=O)COc1cccc2c1C[C@H]1C[C@@H](O)[C@H](CCCO)[C@H]1C2. The highest BCUT2D eigenvalue weighted by molar-refractivity contribution is 5.71. The fourth-order valence-corrected chi connectivity index (χ4v) is 5.10. The summed E-state index contributed by atoms with van der Waals surface area (Å²) in [5.74, 6) is 0.238. The molecule has 0 spiro atoms. The van der Waals surface area contributed by atoms with Crippen LogP contribution in [0.1, 0.15) is 43.7 Å². The zero-order valence-corrected chi connectivity index (χ0v) is 18.6. The van der Waals surface area contributed by atoms with Crippen LogP contribution in [-0.2, 0) is 31.9 Å². The molecule has 3 N–H and O–H groups in total. The van der Waals surface area contributed by atoms with E-state index in [1.807, 2.05) is 12.1 Å². The maximum absolute atomic E-state index is 12.2. The number of carbonyl (C=O) groups is 2. The maximum Gasteiger partial charge on any atom is 0.344 e. The average molecular weight is 451 g/mol. The highest BCUT2D eigenvalue weighted by atomic mass is 16.6. The van der Waals surface area contributed by atoms with Crippen LogP contribution in [0.25, 0.3) is 0 Å². The molecule has 1 aromatic rings. The zero-order valence-electron chi connectivity index (χ0n) is 18.6. The van der Waals surface area contributed by atoms with Crippen LogP contribution in [0.15, 0.2) is 18.2 Å². The van der Waals surface area contributed by atoms with Gasteiger partial charge in [-0.15, -0.1) is 0 Å². The minimum absolute atomic E-state index is 0.0710. The molecule has 0 aromatic heterocycles. The molecule has 2 aliphatic rings. The molecule has 5 atom stereocenters. The number of hydrogen-bond acceptors (Lipinski definition) is 7. The van der Waals surface area contributed by atoms with E-state index >= 15 is 0 Å². The van der Waals surface area contributed by atoms with E-state index in [4.69, 9.17) is 19.3 Å². The highest BCUT2D eigenvalue weighted by Crippen LogP contribution is 2.48. The van der Waals surface area contributed by atoms with Gasteiger partial charge in [0.15, 0.2) is 6.61 Å². The lowest BCUT2D eigenvalue weighted by atomic mass is 9.73. The summed E-state index contributed by atoms with van der Waals surface area (Å²) in [6.07, 6.45) is 3.08. The summed E-state index contributed by atoms with van der Waals surface area (Å²) in [6, 6.07) is 5.87. The normalized spacial score (nSPS) is 25.0. The Morgan fingerprint density at radius 3 is 2.81 bits per heavy atom. The molecule has 0 radical (unpaired) electrons. The molecule has 8 nitrogen and oxygen atoms in total. The third kappa shape index (κ3) is 6.43. The molecule has 178 valence electrons. The summed E-state index contributed by atoms with van der Waals surface area (Å²) < 4.78 is 16.3.